The minimum absolute atomic E-state index is 0.343. The van der Waals surface area contributed by atoms with Crippen LogP contribution >= 0.6 is 15.9 Å². The summed E-state index contributed by atoms with van der Waals surface area (Å²) in [5.74, 6) is 0.343. The number of hydrogen-bond acceptors (Lipinski definition) is 1. The van der Waals surface area contributed by atoms with Crippen LogP contribution in [0.5, 0.6) is 0 Å². The monoisotopic (exact) mass is 150 g/mol. The Morgan fingerprint density at radius 1 is 1.50 bits per heavy atom. The van der Waals surface area contributed by atoms with Crippen molar-refractivity contribution in [2.45, 2.75) is 13.8 Å². The average Bonchev–Trinajstić information content (AvgIpc) is 1.36. The highest BCUT2D eigenvalue weighted by Crippen LogP contribution is 2.05. The summed E-state index contributed by atoms with van der Waals surface area (Å²) in [6.07, 6.45) is 0. The second-order valence-electron chi connectivity index (χ2n) is 1.12. The summed E-state index contributed by atoms with van der Waals surface area (Å²) in [7, 11) is 0. The summed E-state index contributed by atoms with van der Waals surface area (Å²) < 4.78 is 0.794. The van der Waals surface area contributed by atoms with Crippen molar-refractivity contribution in [3.8, 4) is 0 Å². The molecule has 0 radical (unpaired) electrons. The Hall–Kier alpha value is 0.0200. The summed E-state index contributed by atoms with van der Waals surface area (Å²) in [6.45, 7) is 3.42. The molecule has 36 valence electrons. The first-order chi connectivity index (χ1) is 2.64. The van der Waals surface area contributed by atoms with Crippen molar-refractivity contribution < 1.29 is 5.11 Å². The van der Waals surface area contributed by atoms with Gasteiger partial charge in [0.25, 0.3) is 0 Å². The molecule has 2 heteroatoms. The maximum Gasteiger partial charge on any atom is 0.0989 e. The maximum absolute atomic E-state index is 8.46. The third kappa shape index (κ3) is 2.27. The third-order valence-electron chi connectivity index (χ3n) is 0.499. The second kappa shape index (κ2) is 2.24. The Kier molecular flexibility index (Phi) is 2.25. The van der Waals surface area contributed by atoms with Gasteiger partial charge in [-0.15, -0.1) is 0 Å². The van der Waals surface area contributed by atoms with Crippen LogP contribution in [0.15, 0.2) is 10.2 Å². The van der Waals surface area contributed by atoms with Crippen LogP contribution in [-0.2, 0) is 0 Å². The smallest absolute Gasteiger partial charge is 0.0989 e. The predicted octanol–water partition coefficient (Wildman–Crippen LogP) is 2.19. The summed E-state index contributed by atoms with van der Waals surface area (Å²) in [4.78, 5) is 0. The first-order valence-corrected chi connectivity index (χ1v) is 2.46. The zero-order chi connectivity index (χ0) is 5.15. The van der Waals surface area contributed by atoms with Crippen molar-refractivity contribution in [1.82, 2.24) is 0 Å². The molecule has 0 bridgehead atoms. The van der Waals surface area contributed by atoms with E-state index in [4.69, 9.17) is 5.11 Å². The zero-order valence-electron chi connectivity index (χ0n) is 3.83. The second-order valence-corrected chi connectivity index (χ2v) is 2.31. The van der Waals surface area contributed by atoms with Crippen molar-refractivity contribution >= 4 is 15.9 Å². The van der Waals surface area contributed by atoms with Crippen molar-refractivity contribution in [3.63, 3.8) is 0 Å². The van der Waals surface area contributed by atoms with E-state index in [2.05, 4.69) is 15.9 Å². The Labute approximate surface area is 45.8 Å². The largest absolute Gasteiger partial charge is 0.512 e. The lowest BCUT2D eigenvalue weighted by Gasteiger charge is -1.85. The van der Waals surface area contributed by atoms with Crippen LogP contribution in [0.3, 0.4) is 0 Å². The fourth-order valence-electron chi connectivity index (χ4n) is 0. The molecule has 0 saturated carbocycles. The third-order valence-corrected chi connectivity index (χ3v) is 1.07. The van der Waals surface area contributed by atoms with Crippen LogP contribution < -0.4 is 0 Å². The van der Waals surface area contributed by atoms with E-state index in [0.29, 0.717) is 5.76 Å². The summed E-state index contributed by atoms with van der Waals surface area (Å²) in [6, 6.07) is 0. The molecule has 0 amide bonds. The lowest BCUT2D eigenvalue weighted by molar-refractivity contribution is 0.412. The van der Waals surface area contributed by atoms with Crippen molar-refractivity contribution in [3.05, 3.63) is 10.2 Å². The molecule has 0 fully saturated rings. The molecule has 0 aromatic rings. The Bertz CT molecular complexity index is 57.6. The normalized spacial score (nSPS) is 13.8. The lowest BCUT2D eigenvalue weighted by atomic mass is 10.5. The van der Waals surface area contributed by atoms with Crippen LogP contribution in [0, 0.1) is 0 Å². The van der Waals surface area contributed by atoms with E-state index >= 15 is 0 Å². The maximum atomic E-state index is 8.46. The van der Waals surface area contributed by atoms with Gasteiger partial charge in [-0.2, -0.15) is 0 Å². The average molecular weight is 151 g/mol. The van der Waals surface area contributed by atoms with Gasteiger partial charge < -0.3 is 5.11 Å². The quantitative estimate of drug-likeness (QED) is 0.526. The summed E-state index contributed by atoms with van der Waals surface area (Å²) in [5, 5.41) is 8.46. The Morgan fingerprint density at radius 2 is 1.67 bits per heavy atom. The number of hydrogen-bond donors (Lipinski definition) is 1. The van der Waals surface area contributed by atoms with Crippen LogP contribution in [0.4, 0.5) is 0 Å². The number of allylic oxidation sites excluding steroid dienone is 2. The summed E-state index contributed by atoms with van der Waals surface area (Å²) in [5.41, 5.74) is 0. The van der Waals surface area contributed by atoms with Gasteiger partial charge in [0.1, 0.15) is 0 Å². The lowest BCUT2D eigenvalue weighted by Crippen LogP contribution is -1.68. The summed E-state index contributed by atoms with van der Waals surface area (Å²) >= 11 is 3.07. The van der Waals surface area contributed by atoms with Crippen LogP contribution in [0.25, 0.3) is 0 Å². The molecule has 0 aliphatic rings. The highest BCUT2D eigenvalue weighted by atomic mass is 79.9. The number of aliphatic hydroxyl groups is 1. The molecule has 0 aliphatic heterocycles. The van der Waals surface area contributed by atoms with Crippen molar-refractivity contribution in [2.24, 2.45) is 0 Å². The zero-order valence-corrected chi connectivity index (χ0v) is 5.41. The molecule has 0 aliphatic carbocycles. The molecule has 0 heterocycles. The van der Waals surface area contributed by atoms with E-state index < -0.39 is 0 Å². The Balaban J connectivity index is 3.68. The molecule has 0 rings (SSSR count). The van der Waals surface area contributed by atoms with E-state index in [1.54, 1.807) is 13.8 Å². The molecule has 1 N–H and O–H groups in total. The molecule has 1 nitrogen and oxygen atoms in total. The van der Waals surface area contributed by atoms with Gasteiger partial charge in [0.15, 0.2) is 0 Å². The first-order valence-electron chi connectivity index (χ1n) is 1.66. The van der Waals surface area contributed by atoms with E-state index in [1.165, 1.54) is 0 Å². The molecule has 0 atom stereocenters. The van der Waals surface area contributed by atoms with E-state index in [-0.39, 0.29) is 0 Å². The minimum Gasteiger partial charge on any atom is -0.512 e. The fourth-order valence-corrected chi connectivity index (χ4v) is 0. The molecule has 0 spiro atoms. The van der Waals surface area contributed by atoms with Gasteiger partial charge in [-0.25, -0.2) is 0 Å². The molecule has 0 aromatic carbocycles. The van der Waals surface area contributed by atoms with Gasteiger partial charge in [0.05, 0.1) is 5.76 Å². The van der Waals surface area contributed by atoms with Crippen molar-refractivity contribution in [1.29, 1.82) is 0 Å². The van der Waals surface area contributed by atoms with Crippen molar-refractivity contribution in [2.75, 3.05) is 0 Å². The molecule has 0 saturated heterocycles. The number of rotatable bonds is 0. The molecule has 6 heavy (non-hydrogen) atoms. The van der Waals surface area contributed by atoms with Crippen LogP contribution in [0.2, 0.25) is 0 Å². The molecular formula is C4H7BrO. The standard InChI is InChI=1S/C4H7BrO/c1-3(5)4(2)6/h6H,1-2H3/b4-3-. The fraction of sp³-hybridized carbons (Fsp3) is 0.500. The van der Waals surface area contributed by atoms with Gasteiger partial charge in [0, 0.05) is 4.48 Å². The highest BCUT2D eigenvalue weighted by Gasteiger charge is 1.81. The van der Waals surface area contributed by atoms with Crippen LogP contribution in [0.1, 0.15) is 13.8 Å². The molecule has 0 unspecified atom stereocenters. The van der Waals surface area contributed by atoms with Gasteiger partial charge >= 0.3 is 0 Å². The molecule has 0 aromatic heterocycles. The van der Waals surface area contributed by atoms with E-state index in [9.17, 15) is 0 Å². The van der Waals surface area contributed by atoms with E-state index in [0.717, 1.165) is 4.48 Å². The number of aliphatic hydroxyl groups excluding tert-OH is 1. The van der Waals surface area contributed by atoms with E-state index in [1.807, 2.05) is 0 Å². The minimum atomic E-state index is 0.343. The van der Waals surface area contributed by atoms with Gasteiger partial charge in [-0.05, 0) is 13.8 Å². The highest BCUT2D eigenvalue weighted by molar-refractivity contribution is 9.11. The van der Waals surface area contributed by atoms with Gasteiger partial charge in [-0.1, -0.05) is 15.9 Å². The van der Waals surface area contributed by atoms with Crippen LogP contribution in [-0.4, -0.2) is 5.11 Å². The van der Waals surface area contributed by atoms with Gasteiger partial charge in [-0.3, -0.25) is 0 Å². The predicted molar refractivity (Wildman–Crippen MR) is 29.9 cm³/mol. The number of halogens is 1. The first kappa shape index (κ1) is 6.02. The Morgan fingerprint density at radius 3 is 1.67 bits per heavy atom. The topological polar surface area (TPSA) is 20.2 Å². The van der Waals surface area contributed by atoms with Gasteiger partial charge in [0.2, 0.25) is 0 Å². The molecular weight excluding hydrogens is 144 g/mol. The SMILES string of the molecule is C/C(O)=C(\C)Br.